The second-order valence-electron chi connectivity index (χ2n) is 3.86. The molecule has 2 aromatic rings. The predicted octanol–water partition coefficient (Wildman–Crippen LogP) is 2.82. The van der Waals surface area contributed by atoms with E-state index in [9.17, 15) is 0 Å². The molecule has 18 heavy (non-hydrogen) atoms. The average molecular weight is 259 g/mol. The lowest BCUT2D eigenvalue weighted by Gasteiger charge is -2.18. The maximum atomic E-state index is 8.64. The highest BCUT2D eigenvalue weighted by molar-refractivity contribution is 7.14. The number of nitrogens with one attached hydrogen (secondary N) is 1. The molecule has 0 amide bonds. The van der Waals surface area contributed by atoms with Crippen LogP contribution < -0.4 is 10.2 Å². The van der Waals surface area contributed by atoms with E-state index in [-0.39, 0.29) is 0 Å². The number of nitrogens with zero attached hydrogens (tertiary/aromatic N) is 4. The molecule has 0 bridgehead atoms. The Morgan fingerprint density at radius 2 is 2.17 bits per heavy atom. The van der Waals surface area contributed by atoms with E-state index in [1.54, 1.807) is 24.3 Å². The number of aromatic nitrogens is 2. The van der Waals surface area contributed by atoms with Gasteiger partial charge in [-0.15, -0.1) is 11.3 Å². The van der Waals surface area contributed by atoms with Gasteiger partial charge in [0.25, 0.3) is 0 Å². The van der Waals surface area contributed by atoms with Crippen LogP contribution in [0.1, 0.15) is 11.4 Å². The Morgan fingerprint density at radius 1 is 1.39 bits per heavy atom. The van der Waals surface area contributed by atoms with Crippen LogP contribution in [0.4, 0.5) is 16.6 Å². The van der Waals surface area contributed by atoms with E-state index in [0.29, 0.717) is 11.6 Å². The van der Waals surface area contributed by atoms with Gasteiger partial charge in [0, 0.05) is 13.1 Å². The molecule has 2 rings (SSSR count). The summed E-state index contributed by atoms with van der Waals surface area (Å²) in [5.41, 5.74) is 1.20. The van der Waals surface area contributed by atoms with Gasteiger partial charge in [-0.3, -0.25) is 5.32 Å². The number of aryl methyl sites for hydroxylation is 2. The van der Waals surface area contributed by atoms with Crippen molar-refractivity contribution in [3.63, 3.8) is 0 Å². The van der Waals surface area contributed by atoms with Gasteiger partial charge in [-0.25, -0.2) is 9.97 Å². The number of thiophene rings is 1. The van der Waals surface area contributed by atoms with Crippen LogP contribution in [-0.4, -0.2) is 17.0 Å². The fraction of sp³-hybridized carbons (Fsp3) is 0.250. The van der Waals surface area contributed by atoms with Crippen LogP contribution in [0.3, 0.4) is 0 Å². The van der Waals surface area contributed by atoms with Gasteiger partial charge in [-0.05, 0) is 30.9 Å². The van der Waals surface area contributed by atoms with Gasteiger partial charge in [0.2, 0.25) is 0 Å². The van der Waals surface area contributed by atoms with Gasteiger partial charge in [-0.2, -0.15) is 5.26 Å². The van der Waals surface area contributed by atoms with E-state index in [1.165, 1.54) is 5.56 Å². The third-order valence-electron chi connectivity index (χ3n) is 2.49. The Morgan fingerprint density at radius 3 is 2.78 bits per heavy atom. The standard InChI is InChI=1S/C12H13N5S/c1-8-4-5-18-12(8)17(3)11-6-10(14-7-13)15-9(2)16-11/h4-6H,1-3H3,(H,14,15,16). The highest BCUT2D eigenvalue weighted by atomic mass is 32.1. The Bertz CT molecular complexity index is 599. The first-order valence-electron chi connectivity index (χ1n) is 5.40. The van der Waals surface area contributed by atoms with Crippen molar-refractivity contribution in [2.24, 2.45) is 0 Å². The molecule has 2 heterocycles. The number of hydrogen-bond acceptors (Lipinski definition) is 6. The quantitative estimate of drug-likeness (QED) is 0.678. The van der Waals surface area contributed by atoms with Crippen LogP contribution in [0.2, 0.25) is 0 Å². The van der Waals surface area contributed by atoms with Crippen molar-refractivity contribution in [1.29, 1.82) is 5.26 Å². The van der Waals surface area contributed by atoms with E-state index < -0.39 is 0 Å². The number of anilines is 3. The summed E-state index contributed by atoms with van der Waals surface area (Å²) >= 11 is 1.66. The normalized spacial score (nSPS) is 9.89. The zero-order valence-corrected chi connectivity index (χ0v) is 11.2. The molecule has 0 saturated heterocycles. The minimum Gasteiger partial charge on any atom is -0.321 e. The molecule has 6 heteroatoms. The minimum absolute atomic E-state index is 0.515. The average Bonchev–Trinajstić information content (AvgIpc) is 2.74. The maximum absolute atomic E-state index is 8.64. The predicted molar refractivity (Wildman–Crippen MR) is 73.1 cm³/mol. The molecule has 0 aliphatic heterocycles. The lowest BCUT2D eigenvalue weighted by atomic mass is 10.3. The minimum atomic E-state index is 0.515. The molecule has 0 fully saturated rings. The smallest absolute Gasteiger partial charge is 0.182 e. The summed E-state index contributed by atoms with van der Waals surface area (Å²) in [4.78, 5) is 10.5. The van der Waals surface area contributed by atoms with Crippen LogP contribution in [0.5, 0.6) is 0 Å². The fourth-order valence-electron chi connectivity index (χ4n) is 1.66. The second-order valence-corrected chi connectivity index (χ2v) is 4.76. The van der Waals surface area contributed by atoms with E-state index in [1.807, 2.05) is 23.5 Å². The van der Waals surface area contributed by atoms with Crippen molar-refractivity contribution in [2.45, 2.75) is 13.8 Å². The fourth-order valence-corrected chi connectivity index (χ4v) is 2.56. The first kappa shape index (κ1) is 12.3. The van der Waals surface area contributed by atoms with Crippen molar-refractivity contribution < 1.29 is 0 Å². The van der Waals surface area contributed by atoms with Crippen LogP contribution in [0.15, 0.2) is 17.5 Å². The van der Waals surface area contributed by atoms with Gasteiger partial charge in [0.1, 0.15) is 17.5 Å². The largest absolute Gasteiger partial charge is 0.321 e. The summed E-state index contributed by atoms with van der Waals surface area (Å²) in [5.74, 6) is 1.91. The Balaban J connectivity index is 2.39. The summed E-state index contributed by atoms with van der Waals surface area (Å²) in [6.45, 7) is 3.87. The molecule has 0 aliphatic rings. The molecule has 92 valence electrons. The van der Waals surface area contributed by atoms with Crippen LogP contribution in [0, 0.1) is 25.3 Å². The molecular formula is C12H13N5S. The SMILES string of the molecule is Cc1nc(NC#N)cc(N(C)c2sccc2C)n1. The Hall–Kier alpha value is -2.13. The lowest BCUT2D eigenvalue weighted by molar-refractivity contribution is 1.02. The summed E-state index contributed by atoms with van der Waals surface area (Å²) in [5, 5.41) is 14.4. The van der Waals surface area contributed by atoms with Gasteiger partial charge >= 0.3 is 0 Å². The van der Waals surface area contributed by atoms with Gasteiger partial charge in [0.05, 0.1) is 5.00 Å². The third-order valence-corrected chi connectivity index (χ3v) is 3.58. The van der Waals surface area contributed by atoms with Gasteiger partial charge < -0.3 is 4.90 Å². The van der Waals surface area contributed by atoms with Crippen molar-refractivity contribution >= 4 is 28.0 Å². The molecule has 0 atom stereocenters. The number of rotatable bonds is 3. The molecule has 0 saturated carbocycles. The molecule has 0 unspecified atom stereocenters. The third kappa shape index (κ3) is 2.41. The summed E-state index contributed by atoms with van der Waals surface area (Å²) in [6, 6.07) is 3.83. The Labute approximate surface area is 110 Å². The van der Waals surface area contributed by atoms with Gasteiger partial charge in [-0.1, -0.05) is 0 Å². The molecule has 0 radical (unpaired) electrons. The molecule has 0 spiro atoms. The highest BCUT2D eigenvalue weighted by Crippen LogP contribution is 2.31. The van der Waals surface area contributed by atoms with Crippen LogP contribution in [0.25, 0.3) is 0 Å². The zero-order chi connectivity index (χ0) is 13.1. The van der Waals surface area contributed by atoms with Crippen molar-refractivity contribution in [3.8, 4) is 6.19 Å². The molecule has 2 aromatic heterocycles. The van der Waals surface area contributed by atoms with E-state index in [4.69, 9.17) is 5.26 Å². The van der Waals surface area contributed by atoms with E-state index >= 15 is 0 Å². The van der Waals surface area contributed by atoms with E-state index in [2.05, 4.69) is 28.3 Å². The van der Waals surface area contributed by atoms with Gasteiger partial charge in [0.15, 0.2) is 6.19 Å². The Kier molecular flexibility index (Phi) is 3.44. The molecule has 0 aromatic carbocycles. The lowest BCUT2D eigenvalue weighted by Crippen LogP contribution is -2.12. The zero-order valence-electron chi connectivity index (χ0n) is 10.4. The molecule has 1 N–H and O–H groups in total. The van der Waals surface area contributed by atoms with Crippen LogP contribution in [-0.2, 0) is 0 Å². The molecule has 0 aliphatic carbocycles. The number of nitriles is 1. The second kappa shape index (κ2) is 5.02. The summed E-state index contributed by atoms with van der Waals surface area (Å²) < 4.78 is 0. The van der Waals surface area contributed by atoms with Crippen molar-refractivity contribution in [3.05, 3.63) is 28.9 Å². The van der Waals surface area contributed by atoms with Crippen molar-refractivity contribution in [2.75, 3.05) is 17.3 Å². The first-order valence-corrected chi connectivity index (χ1v) is 6.28. The summed E-state index contributed by atoms with van der Waals surface area (Å²) in [7, 11) is 1.96. The molecular weight excluding hydrogens is 246 g/mol. The maximum Gasteiger partial charge on any atom is 0.182 e. The topological polar surface area (TPSA) is 64.8 Å². The van der Waals surface area contributed by atoms with Crippen LogP contribution >= 0.6 is 11.3 Å². The van der Waals surface area contributed by atoms with E-state index in [0.717, 1.165) is 10.8 Å². The number of hydrogen-bond donors (Lipinski definition) is 1. The highest BCUT2D eigenvalue weighted by Gasteiger charge is 2.11. The monoisotopic (exact) mass is 259 g/mol. The molecule has 5 nitrogen and oxygen atoms in total. The first-order chi connectivity index (χ1) is 8.61. The summed E-state index contributed by atoms with van der Waals surface area (Å²) in [6.07, 6.45) is 1.87. The van der Waals surface area contributed by atoms with Crippen molar-refractivity contribution in [1.82, 2.24) is 9.97 Å².